The Balaban J connectivity index is 1.62. The summed E-state index contributed by atoms with van der Waals surface area (Å²) < 4.78 is 5.78. The molecule has 0 aliphatic carbocycles. The third kappa shape index (κ3) is 4.39. The van der Waals surface area contributed by atoms with Crippen LogP contribution in [0.1, 0.15) is 46.8 Å². The molecule has 0 radical (unpaired) electrons. The zero-order valence-corrected chi connectivity index (χ0v) is 17.1. The van der Waals surface area contributed by atoms with Crippen molar-refractivity contribution in [2.45, 2.75) is 31.8 Å². The number of amides is 3. The maximum Gasteiger partial charge on any atom is 0.274 e. The summed E-state index contributed by atoms with van der Waals surface area (Å²) in [6.45, 7) is 1.49. The number of benzene rings is 2. The second kappa shape index (κ2) is 9.18. The normalized spacial score (nSPS) is 17.3. The number of likely N-dealkylation sites (tertiary alicyclic amines) is 1. The topological polar surface area (TPSA) is 99.2 Å². The molecule has 2 aliphatic heterocycles. The van der Waals surface area contributed by atoms with Gasteiger partial charge in [-0.2, -0.15) is 0 Å². The van der Waals surface area contributed by atoms with Crippen molar-refractivity contribution in [1.82, 2.24) is 15.3 Å². The van der Waals surface area contributed by atoms with Crippen LogP contribution in [0.5, 0.6) is 5.75 Å². The number of carbonyl (C=O) groups excluding carboxylic acids is 3. The maximum atomic E-state index is 13.7. The van der Waals surface area contributed by atoms with Crippen molar-refractivity contribution in [1.29, 1.82) is 0 Å². The molecule has 2 N–H and O–H groups in total. The van der Waals surface area contributed by atoms with Gasteiger partial charge >= 0.3 is 0 Å². The lowest BCUT2D eigenvalue weighted by Gasteiger charge is -2.36. The number of piperidine rings is 1. The molecule has 31 heavy (non-hydrogen) atoms. The van der Waals surface area contributed by atoms with E-state index in [1.54, 1.807) is 33.5 Å². The Labute approximate surface area is 180 Å². The summed E-state index contributed by atoms with van der Waals surface area (Å²) in [6, 6.07) is 13.6. The zero-order valence-electron chi connectivity index (χ0n) is 17.1. The highest BCUT2D eigenvalue weighted by Gasteiger charge is 2.36. The van der Waals surface area contributed by atoms with Crippen LogP contribution in [-0.4, -0.2) is 52.4 Å². The summed E-state index contributed by atoms with van der Waals surface area (Å²) in [6.07, 6.45) is 2.18. The molecule has 3 amide bonds. The van der Waals surface area contributed by atoms with Crippen molar-refractivity contribution < 1.29 is 24.3 Å². The molecule has 4 rings (SSSR count). The summed E-state index contributed by atoms with van der Waals surface area (Å²) in [5.41, 5.74) is 3.43. The fourth-order valence-electron chi connectivity index (χ4n) is 4.13. The molecule has 162 valence electrons. The minimum atomic E-state index is -0.671. The Kier molecular flexibility index (Phi) is 6.18. The van der Waals surface area contributed by atoms with E-state index in [9.17, 15) is 14.4 Å². The molecule has 0 bridgehead atoms. The van der Waals surface area contributed by atoms with Gasteiger partial charge in [-0.3, -0.25) is 19.6 Å². The molecule has 2 aliphatic rings. The van der Waals surface area contributed by atoms with Crippen molar-refractivity contribution in [2.75, 3.05) is 19.7 Å². The van der Waals surface area contributed by atoms with E-state index in [-0.39, 0.29) is 24.0 Å². The molecule has 2 heterocycles. The predicted molar refractivity (Wildman–Crippen MR) is 111 cm³/mol. The predicted octanol–water partition coefficient (Wildman–Crippen LogP) is 2.28. The van der Waals surface area contributed by atoms with Gasteiger partial charge < -0.3 is 14.5 Å². The van der Waals surface area contributed by atoms with Crippen LogP contribution >= 0.6 is 0 Å². The molecule has 8 heteroatoms. The van der Waals surface area contributed by atoms with Gasteiger partial charge in [-0.25, -0.2) is 5.48 Å². The fourth-order valence-corrected chi connectivity index (χ4v) is 4.13. The highest BCUT2D eigenvalue weighted by molar-refractivity contribution is 5.94. The average Bonchev–Trinajstić information content (AvgIpc) is 3.02. The van der Waals surface area contributed by atoms with Crippen LogP contribution in [0.25, 0.3) is 0 Å². The lowest BCUT2D eigenvalue weighted by molar-refractivity contribution is -0.148. The van der Waals surface area contributed by atoms with E-state index < -0.39 is 11.9 Å². The van der Waals surface area contributed by atoms with Crippen molar-refractivity contribution in [3.05, 3.63) is 65.2 Å². The summed E-state index contributed by atoms with van der Waals surface area (Å²) >= 11 is 0. The standard InChI is InChI=1S/C23H25N3O5/c27-20-8-4-5-11-26(20)21(16-6-2-1-3-7-16)23(29)25-12-13-31-19-14-17(22(28)24-30)9-10-18(19)15-25/h1-3,6-7,9-10,14,21,30H,4-5,8,11-13,15H2,(H,24,28). The molecule has 1 atom stereocenters. The minimum Gasteiger partial charge on any atom is -0.491 e. The molecule has 0 spiro atoms. The van der Waals surface area contributed by atoms with Crippen molar-refractivity contribution in [2.24, 2.45) is 0 Å². The highest BCUT2D eigenvalue weighted by Crippen LogP contribution is 2.30. The van der Waals surface area contributed by atoms with Gasteiger partial charge in [0.1, 0.15) is 18.4 Å². The van der Waals surface area contributed by atoms with Crippen LogP contribution in [-0.2, 0) is 16.1 Å². The summed E-state index contributed by atoms with van der Waals surface area (Å²) in [5, 5.41) is 8.85. The van der Waals surface area contributed by atoms with E-state index in [2.05, 4.69) is 0 Å². The number of fused-ring (bicyclic) bond motifs is 1. The molecule has 2 aromatic carbocycles. The average molecular weight is 423 g/mol. The number of rotatable bonds is 4. The first-order chi connectivity index (χ1) is 15.1. The number of carbonyl (C=O) groups is 3. The van der Waals surface area contributed by atoms with Crippen LogP contribution in [0.2, 0.25) is 0 Å². The highest BCUT2D eigenvalue weighted by atomic mass is 16.5. The Hall–Kier alpha value is -3.39. The molecule has 1 saturated heterocycles. The quantitative estimate of drug-likeness (QED) is 0.581. The Morgan fingerprint density at radius 2 is 1.87 bits per heavy atom. The van der Waals surface area contributed by atoms with Crippen molar-refractivity contribution in [3.63, 3.8) is 0 Å². The minimum absolute atomic E-state index is 0.000386. The lowest BCUT2D eigenvalue weighted by Crippen LogP contribution is -2.47. The maximum absolute atomic E-state index is 13.7. The third-order valence-corrected chi connectivity index (χ3v) is 5.74. The molecule has 2 aromatic rings. The zero-order chi connectivity index (χ0) is 21.8. The van der Waals surface area contributed by atoms with Gasteiger partial charge in [0.2, 0.25) is 11.8 Å². The first kappa shape index (κ1) is 20.9. The van der Waals surface area contributed by atoms with Gasteiger partial charge in [0.15, 0.2) is 0 Å². The third-order valence-electron chi connectivity index (χ3n) is 5.74. The second-order valence-corrected chi connectivity index (χ2v) is 7.73. The monoisotopic (exact) mass is 423 g/mol. The SMILES string of the molecule is O=C(NO)c1ccc2c(c1)OCCN(C(=O)C(c1ccccc1)N1CCCCC1=O)C2. The number of nitrogens with one attached hydrogen (secondary N) is 1. The molecule has 1 fully saturated rings. The van der Waals surface area contributed by atoms with Gasteiger partial charge in [-0.1, -0.05) is 36.4 Å². The summed E-state index contributed by atoms with van der Waals surface area (Å²) in [5.74, 6) is -0.271. The largest absolute Gasteiger partial charge is 0.491 e. The van der Waals surface area contributed by atoms with Gasteiger partial charge in [-0.15, -0.1) is 0 Å². The molecular formula is C23H25N3O5. The van der Waals surface area contributed by atoms with Crippen LogP contribution in [0, 0.1) is 0 Å². The van der Waals surface area contributed by atoms with Crippen molar-refractivity contribution in [3.8, 4) is 5.75 Å². The van der Waals surface area contributed by atoms with Crippen LogP contribution < -0.4 is 10.2 Å². The van der Waals surface area contributed by atoms with Gasteiger partial charge in [0, 0.05) is 30.6 Å². The first-order valence-corrected chi connectivity index (χ1v) is 10.4. The molecular weight excluding hydrogens is 398 g/mol. The fraction of sp³-hybridized carbons (Fsp3) is 0.348. The smallest absolute Gasteiger partial charge is 0.274 e. The lowest BCUT2D eigenvalue weighted by atomic mass is 9.99. The number of hydroxylamine groups is 1. The number of hydrogen-bond acceptors (Lipinski definition) is 5. The van der Waals surface area contributed by atoms with E-state index in [1.165, 1.54) is 0 Å². The van der Waals surface area contributed by atoms with Crippen LogP contribution in [0.3, 0.4) is 0 Å². The van der Waals surface area contributed by atoms with Gasteiger partial charge in [0.25, 0.3) is 5.91 Å². The Morgan fingerprint density at radius 1 is 1.06 bits per heavy atom. The number of hydrogen-bond donors (Lipinski definition) is 2. The van der Waals surface area contributed by atoms with E-state index in [4.69, 9.17) is 9.94 Å². The molecule has 0 aromatic heterocycles. The first-order valence-electron chi connectivity index (χ1n) is 10.4. The molecule has 1 unspecified atom stereocenters. The Bertz CT molecular complexity index is 978. The van der Waals surface area contributed by atoms with E-state index in [0.717, 1.165) is 24.0 Å². The summed E-state index contributed by atoms with van der Waals surface area (Å²) in [7, 11) is 0. The second-order valence-electron chi connectivity index (χ2n) is 7.73. The van der Waals surface area contributed by atoms with Crippen LogP contribution in [0.15, 0.2) is 48.5 Å². The Morgan fingerprint density at radius 3 is 2.61 bits per heavy atom. The number of nitrogens with zero attached hydrogens (tertiary/aromatic N) is 2. The summed E-state index contributed by atoms with van der Waals surface area (Å²) in [4.78, 5) is 41.5. The van der Waals surface area contributed by atoms with Gasteiger partial charge in [-0.05, 0) is 30.5 Å². The number of ether oxygens (including phenoxy) is 1. The molecule has 0 saturated carbocycles. The molecule has 8 nitrogen and oxygen atoms in total. The van der Waals surface area contributed by atoms with E-state index >= 15 is 0 Å². The van der Waals surface area contributed by atoms with E-state index in [1.807, 2.05) is 30.3 Å². The van der Waals surface area contributed by atoms with E-state index in [0.29, 0.717) is 31.8 Å². The van der Waals surface area contributed by atoms with Gasteiger partial charge in [0.05, 0.1) is 6.54 Å². The van der Waals surface area contributed by atoms with Crippen molar-refractivity contribution >= 4 is 17.7 Å². The van der Waals surface area contributed by atoms with Crippen LogP contribution in [0.4, 0.5) is 0 Å².